The predicted octanol–water partition coefficient (Wildman–Crippen LogP) is 3.61. The molecule has 0 heterocycles. The van der Waals surface area contributed by atoms with Crippen LogP contribution in [0.5, 0.6) is 11.5 Å². The van der Waals surface area contributed by atoms with Crippen molar-refractivity contribution >= 4 is 21.4 Å². The predicted molar refractivity (Wildman–Crippen MR) is 96.8 cm³/mol. The molecule has 0 spiro atoms. The van der Waals surface area contributed by atoms with Crippen molar-refractivity contribution in [3.05, 3.63) is 42.5 Å². The van der Waals surface area contributed by atoms with Gasteiger partial charge in [-0.05, 0) is 12.1 Å². The summed E-state index contributed by atoms with van der Waals surface area (Å²) < 4.78 is 37.6. The first-order valence-corrected chi connectivity index (χ1v) is 8.55. The Balaban J connectivity index is 0. The summed E-state index contributed by atoms with van der Waals surface area (Å²) in [6.07, 6.45) is 0. The zero-order valence-corrected chi connectivity index (χ0v) is 14.5. The van der Waals surface area contributed by atoms with E-state index in [2.05, 4.69) is 4.72 Å². The molecule has 0 aliphatic heterocycles. The van der Waals surface area contributed by atoms with E-state index in [4.69, 9.17) is 15.2 Å². The third-order valence-electron chi connectivity index (χ3n) is 2.83. The molecule has 2 aromatic carbocycles. The van der Waals surface area contributed by atoms with Gasteiger partial charge in [0.1, 0.15) is 16.4 Å². The Morgan fingerprint density at radius 3 is 2.09 bits per heavy atom. The molecule has 7 heteroatoms. The van der Waals surface area contributed by atoms with Crippen LogP contribution in [0, 0.1) is 0 Å². The molecule has 130 valence electrons. The second-order valence-corrected chi connectivity index (χ2v) is 5.87. The van der Waals surface area contributed by atoms with Crippen molar-refractivity contribution in [3.8, 4) is 11.5 Å². The molecule has 0 aliphatic rings. The number of sulfonamides is 1. The number of para-hydroxylation sites is 1. The third-order valence-corrected chi connectivity index (χ3v) is 4.23. The Bertz CT molecular complexity index is 741. The summed E-state index contributed by atoms with van der Waals surface area (Å²) in [7, 11) is -1.02. The van der Waals surface area contributed by atoms with E-state index in [0.29, 0.717) is 11.4 Å². The standard InChI is InChI=1S/C14H16N2O4S.C2H6.2H2/c1-19-12-9-14(13(20-2)8-11(12)15)21(17,18)16-10-6-4-3-5-7-10;1-2;;/h3-9,16H,15H2,1-2H3;1-2H3;2*1H. The molecule has 0 fully saturated rings. The first kappa shape index (κ1) is 18.6. The highest BCUT2D eigenvalue weighted by atomic mass is 32.2. The lowest BCUT2D eigenvalue weighted by Crippen LogP contribution is -2.14. The molecule has 0 saturated carbocycles. The SMILES string of the molecule is CC.COc1cc(S(=O)(=O)Nc2ccccc2)c(OC)cc1N.[HH].[HH]. The fourth-order valence-electron chi connectivity index (χ4n) is 1.82. The van der Waals surface area contributed by atoms with Crippen molar-refractivity contribution in [2.45, 2.75) is 18.7 Å². The fourth-order valence-corrected chi connectivity index (χ4v) is 3.05. The van der Waals surface area contributed by atoms with E-state index in [1.54, 1.807) is 30.3 Å². The van der Waals surface area contributed by atoms with Crippen LogP contribution >= 0.6 is 0 Å². The normalized spacial score (nSPS) is 10.3. The highest BCUT2D eigenvalue weighted by Gasteiger charge is 2.22. The third kappa shape index (κ3) is 4.53. The van der Waals surface area contributed by atoms with Gasteiger partial charge in [-0.1, -0.05) is 32.0 Å². The highest BCUT2D eigenvalue weighted by molar-refractivity contribution is 7.92. The van der Waals surface area contributed by atoms with Gasteiger partial charge >= 0.3 is 0 Å². The minimum atomic E-state index is -3.82. The highest BCUT2D eigenvalue weighted by Crippen LogP contribution is 2.34. The second kappa shape index (κ2) is 8.28. The number of rotatable bonds is 5. The first-order chi connectivity index (χ1) is 11.0. The molecule has 0 bridgehead atoms. The number of methoxy groups -OCH3 is 2. The smallest absolute Gasteiger partial charge is 0.265 e. The van der Waals surface area contributed by atoms with Crippen LogP contribution in [0.4, 0.5) is 11.4 Å². The lowest BCUT2D eigenvalue weighted by molar-refractivity contribution is 0.394. The lowest BCUT2D eigenvalue weighted by Gasteiger charge is -2.14. The quantitative estimate of drug-likeness (QED) is 0.810. The molecule has 2 aromatic rings. The van der Waals surface area contributed by atoms with Crippen molar-refractivity contribution in [2.75, 3.05) is 24.7 Å². The van der Waals surface area contributed by atoms with Crippen LogP contribution in [0.2, 0.25) is 0 Å². The van der Waals surface area contributed by atoms with Crippen molar-refractivity contribution in [3.63, 3.8) is 0 Å². The number of hydrogen-bond donors (Lipinski definition) is 2. The summed E-state index contributed by atoms with van der Waals surface area (Å²) in [5.74, 6) is 0.418. The maximum absolute atomic E-state index is 12.5. The molecule has 0 unspecified atom stereocenters. The Hall–Kier alpha value is -2.41. The van der Waals surface area contributed by atoms with E-state index in [1.165, 1.54) is 26.4 Å². The molecular formula is C16H26N2O4S. The Labute approximate surface area is 140 Å². The molecule has 0 radical (unpaired) electrons. The number of hydrogen-bond acceptors (Lipinski definition) is 5. The molecule has 0 atom stereocenters. The maximum Gasteiger partial charge on any atom is 0.265 e. The topological polar surface area (TPSA) is 90.7 Å². The summed E-state index contributed by atoms with van der Waals surface area (Å²) in [5, 5.41) is 0. The van der Waals surface area contributed by atoms with Crippen LogP contribution in [-0.2, 0) is 10.0 Å². The van der Waals surface area contributed by atoms with Gasteiger partial charge in [0.2, 0.25) is 0 Å². The van der Waals surface area contributed by atoms with Crippen molar-refractivity contribution in [1.29, 1.82) is 0 Å². The average molecular weight is 342 g/mol. The molecule has 23 heavy (non-hydrogen) atoms. The zero-order valence-electron chi connectivity index (χ0n) is 13.7. The number of nitrogens with two attached hydrogens (primary N) is 1. The van der Waals surface area contributed by atoms with Gasteiger partial charge in [0, 0.05) is 20.7 Å². The minimum Gasteiger partial charge on any atom is -0.495 e. The van der Waals surface area contributed by atoms with Gasteiger partial charge in [0.05, 0.1) is 19.9 Å². The van der Waals surface area contributed by atoms with Crippen LogP contribution < -0.4 is 19.9 Å². The Morgan fingerprint density at radius 2 is 1.57 bits per heavy atom. The number of benzene rings is 2. The van der Waals surface area contributed by atoms with Gasteiger partial charge in [-0.3, -0.25) is 4.72 Å². The van der Waals surface area contributed by atoms with Crippen molar-refractivity contribution in [1.82, 2.24) is 0 Å². The first-order valence-electron chi connectivity index (χ1n) is 7.07. The van der Waals surface area contributed by atoms with Crippen LogP contribution in [-0.4, -0.2) is 22.6 Å². The summed E-state index contributed by atoms with van der Waals surface area (Å²) in [6, 6.07) is 11.3. The summed E-state index contributed by atoms with van der Waals surface area (Å²) >= 11 is 0. The van der Waals surface area contributed by atoms with Crippen LogP contribution in [0.3, 0.4) is 0 Å². The number of ether oxygens (including phenoxy) is 2. The molecule has 6 nitrogen and oxygen atoms in total. The van der Waals surface area contributed by atoms with E-state index >= 15 is 0 Å². The monoisotopic (exact) mass is 342 g/mol. The summed E-state index contributed by atoms with van der Waals surface area (Å²) in [6.45, 7) is 4.00. The average Bonchev–Trinajstić information content (AvgIpc) is 2.56. The second-order valence-electron chi connectivity index (χ2n) is 4.22. The van der Waals surface area contributed by atoms with Gasteiger partial charge in [-0.2, -0.15) is 0 Å². The van der Waals surface area contributed by atoms with Crippen LogP contribution in [0.1, 0.15) is 16.7 Å². The van der Waals surface area contributed by atoms with E-state index in [-0.39, 0.29) is 19.2 Å². The van der Waals surface area contributed by atoms with Crippen LogP contribution in [0.25, 0.3) is 0 Å². The van der Waals surface area contributed by atoms with E-state index in [9.17, 15) is 8.42 Å². The molecule has 0 saturated heterocycles. The molecule has 0 amide bonds. The molecule has 0 aliphatic carbocycles. The number of nitrogen functional groups attached to an aromatic ring is 1. The number of anilines is 2. The fraction of sp³-hybridized carbons (Fsp3) is 0.250. The molecule has 3 N–H and O–H groups in total. The van der Waals surface area contributed by atoms with Gasteiger partial charge in [-0.25, -0.2) is 8.42 Å². The van der Waals surface area contributed by atoms with Gasteiger partial charge in [0.15, 0.2) is 0 Å². The largest absolute Gasteiger partial charge is 0.495 e. The van der Waals surface area contributed by atoms with Gasteiger partial charge in [-0.15, -0.1) is 0 Å². The molecular weight excluding hydrogens is 316 g/mol. The van der Waals surface area contributed by atoms with Crippen LogP contribution in [0.15, 0.2) is 47.4 Å². The van der Waals surface area contributed by atoms with Gasteiger partial charge < -0.3 is 15.2 Å². The summed E-state index contributed by atoms with van der Waals surface area (Å²) in [4.78, 5) is -0.0418. The zero-order chi connectivity index (χ0) is 17.5. The lowest BCUT2D eigenvalue weighted by atomic mass is 10.3. The summed E-state index contributed by atoms with van der Waals surface area (Å²) in [5.41, 5.74) is 6.51. The van der Waals surface area contributed by atoms with E-state index in [0.717, 1.165) is 0 Å². The van der Waals surface area contributed by atoms with Gasteiger partial charge in [0.25, 0.3) is 10.0 Å². The van der Waals surface area contributed by atoms with Crippen molar-refractivity contribution < 1.29 is 20.7 Å². The van der Waals surface area contributed by atoms with E-state index in [1.807, 2.05) is 13.8 Å². The molecule has 2 rings (SSSR count). The minimum absolute atomic E-state index is 0. The molecule has 0 aromatic heterocycles. The Morgan fingerprint density at radius 1 is 1.00 bits per heavy atom. The van der Waals surface area contributed by atoms with Crippen molar-refractivity contribution in [2.24, 2.45) is 0 Å². The number of nitrogens with one attached hydrogen (secondary N) is 1. The Kier molecular flexibility index (Phi) is 6.71. The van der Waals surface area contributed by atoms with E-state index < -0.39 is 10.0 Å². The maximum atomic E-state index is 12.5.